The lowest BCUT2D eigenvalue weighted by Crippen LogP contribution is -2.11. The van der Waals surface area contributed by atoms with E-state index in [0.717, 1.165) is 19.3 Å². The van der Waals surface area contributed by atoms with Gasteiger partial charge in [-0.05, 0) is 41.5 Å². The van der Waals surface area contributed by atoms with Crippen molar-refractivity contribution in [3.63, 3.8) is 0 Å². The third kappa shape index (κ3) is 3.33. The Morgan fingerprint density at radius 2 is 1.72 bits per heavy atom. The van der Waals surface area contributed by atoms with Crippen LogP contribution in [0, 0.1) is 5.92 Å². The summed E-state index contributed by atoms with van der Waals surface area (Å²) >= 11 is 0. The van der Waals surface area contributed by atoms with Crippen LogP contribution >= 0.6 is 0 Å². The Kier molecular flexibility index (Phi) is 4.38. The third-order valence-corrected chi connectivity index (χ3v) is 3.37. The molecule has 2 aromatic rings. The van der Waals surface area contributed by atoms with Crippen LogP contribution in [-0.2, 0) is 6.42 Å². The number of benzene rings is 2. The van der Waals surface area contributed by atoms with Gasteiger partial charge >= 0.3 is 0 Å². The standard InChI is InChI=1S/C17H22O/c1-13(2)12-16(18)11-10-15-8-5-7-14-6-3-4-9-17(14)15/h3-9,13,16,18H,10-12H2,1-2H3. The number of aliphatic hydroxyl groups is 1. The van der Waals surface area contributed by atoms with Crippen LogP contribution in [0.4, 0.5) is 0 Å². The molecule has 1 nitrogen and oxygen atoms in total. The summed E-state index contributed by atoms with van der Waals surface area (Å²) in [6.07, 6.45) is 2.52. The van der Waals surface area contributed by atoms with Crippen molar-refractivity contribution in [1.82, 2.24) is 0 Å². The molecular formula is C17H22O. The van der Waals surface area contributed by atoms with E-state index in [-0.39, 0.29) is 6.10 Å². The monoisotopic (exact) mass is 242 g/mol. The van der Waals surface area contributed by atoms with Gasteiger partial charge in [0.15, 0.2) is 0 Å². The van der Waals surface area contributed by atoms with Crippen LogP contribution < -0.4 is 0 Å². The topological polar surface area (TPSA) is 20.2 Å². The zero-order chi connectivity index (χ0) is 13.0. The molecule has 0 saturated heterocycles. The average Bonchev–Trinajstić information content (AvgIpc) is 2.35. The summed E-state index contributed by atoms with van der Waals surface area (Å²) in [4.78, 5) is 0. The van der Waals surface area contributed by atoms with Crippen molar-refractivity contribution < 1.29 is 5.11 Å². The number of rotatable bonds is 5. The fourth-order valence-corrected chi connectivity index (χ4v) is 2.49. The van der Waals surface area contributed by atoms with Crippen molar-refractivity contribution in [3.05, 3.63) is 48.0 Å². The van der Waals surface area contributed by atoms with Gasteiger partial charge in [0.2, 0.25) is 0 Å². The van der Waals surface area contributed by atoms with Crippen LogP contribution in [-0.4, -0.2) is 11.2 Å². The van der Waals surface area contributed by atoms with Crippen LogP contribution in [0.3, 0.4) is 0 Å². The van der Waals surface area contributed by atoms with Gasteiger partial charge < -0.3 is 5.11 Å². The van der Waals surface area contributed by atoms with Gasteiger partial charge in [-0.2, -0.15) is 0 Å². The Morgan fingerprint density at radius 3 is 2.50 bits per heavy atom. The maximum Gasteiger partial charge on any atom is 0.0545 e. The van der Waals surface area contributed by atoms with E-state index >= 15 is 0 Å². The smallest absolute Gasteiger partial charge is 0.0545 e. The van der Waals surface area contributed by atoms with Gasteiger partial charge in [0, 0.05) is 0 Å². The Bertz CT molecular complexity index is 496. The Labute approximate surface area is 109 Å². The molecule has 0 aromatic heterocycles. The van der Waals surface area contributed by atoms with Crippen LogP contribution in [0.2, 0.25) is 0 Å². The first-order chi connectivity index (χ1) is 8.66. The Hall–Kier alpha value is -1.34. The van der Waals surface area contributed by atoms with Crippen LogP contribution in [0.15, 0.2) is 42.5 Å². The highest BCUT2D eigenvalue weighted by molar-refractivity contribution is 5.85. The summed E-state index contributed by atoms with van der Waals surface area (Å²) in [5.74, 6) is 0.563. The van der Waals surface area contributed by atoms with Crippen LogP contribution in [0.1, 0.15) is 32.3 Å². The second-order valence-corrected chi connectivity index (χ2v) is 5.46. The highest BCUT2D eigenvalue weighted by Gasteiger charge is 2.08. The fourth-order valence-electron chi connectivity index (χ4n) is 2.49. The normalized spacial score (nSPS) is 13.1. The molecule has 0 amide bonds. The first kappa shape index (κ1) is 13.1. The molecule has 2 rings (SSSR count). The highest BCUT2D eigenvalue weighted by atomic mass is 16.3. The zero-order valence-electron chi connectivity index (χ0n) is 11.3. The first-order valence-electron chi connectivity index (χ1n) is 6.81. The molecule has 18 heavy (non-hydrogen) atoms. The zero-order valence-corrected chi connectivity index (χ0v) is 11.3. The largest absolute Gasteiger partial charge is 0.393 e. The van der Waals surface area contributed by atoms with E-state index < -0.39 is 0 Å². The number of aliphatic hydroxyl groups excluding tert-OH is 1. The van der Waals surface area contributed by atoms with Crippen molar-refractivity contribution in [2.45, 2.75) is 39.2 Å². The molecule has 0 spiro atoms. The quantitative estimate of drug-likeness (QED) is 0.834. The van der Waals surface area contributed by atoms with Crippen LogP contribution in [0.5, 0.6) is 0 Å². The second kappa shape index (κ2) is 6.01. The molecule has 0 radical (unpaired) electrons. The third-order valence-electron chi connectivity index (χ3n) is 3.37. The summed E-state index contributed by atoms with van der Waals surface area (Å²) in [5.41, 5.74) is 1.34. The maximum absolute atomic E-state index is 9.95. The highest BCUT2D eigenvalue weighted by Crippen LogP contribution is 2.21. The fraction of sp³-hybridized carbons (Fsp3) is 0.412. The predicted octanol–water partition coefficient (Wildman–Crippen LogP) is 4.18. The van der Waals surface area contributed by atoms with Gasteiger partial charge in [-0.1, -0.05) is 56.3 Å². The predicted molar refractivity (Wildman–Crippen MR) is 77.7 cm³/mol. The van der Waals surface area contributed by atoms with E-state index in [1.54, 1.807) is 0 Å². The van der Waals surface area contributed by atoms with Gasteiger partial charge in [-0.15, -0.1) is 0 Å². The molecule has 0 heterocycles. The minimum absolute atomic E-state index is 0.177. The molecular weight excluding hydrogens is 220 g/mol. The van der Waals surface area contributed by atoms with E-state index in [4.69, 9.17) is 0 Å². The lowest BCUT2D eigenvalue weighted by atomic mass is 9.96. The van der Waals surface area contributed by atoms with Crippen molar-refractivity contribution >= 4 is 10.8 Å². The van der Waals surface area contributed by atoms with E-state index in [0.29, 0.717) is 5.92 Å². The molecule has 0 saturated carbocycles. The van der Waals surface area contributed by atoms with E-state index in [1.807, 2.05) is 0 Å². The molecule has 1 N–H and O–H groups in total. The number of hydrogen-bond acceptors (Lipinski definition) is 1. The van der Waals surface area contributed by atoms with E-state index in [9.17, 15) is 5.11 Å². The van der Waals surface area contributed by atoms with Crippen molar-refractivity contribution in [3.8, 4) is 0 Å². The van der Waals surface area contributed by atoms with Crippen molar-refractivity contribution in [1.29, 1.82) is 0 Å². The molecule has 0 aliphatic rings. The molecule has 0 aliphatic carbocycles. The Morgan fingerprint density at radius 1 is 1.00 bits per heavy atom. The minimum atomic E-state index is -0.177. The number of hydrogen-bond donors (Lipinski definition) is 1. The van der Waals surface area contributed by atoms with Gasteiger partial charge in [0.25, 0.3) is 0 Å². The minimum Gasteiger partial charge on any atom is -0.393 e. The van der Waals surface area contributed by atoms with Gasteiger partial charge in [0.05, 0.1) is 6.10 Å². The van der Waals surface area contributed by atoms with Crippen molar-refractivity contribution in [2.24, 2.45) is 5.92 Å². The molecule has 0 aliphatic heterocycles. The molecule has 1 unspecified atom stereocenters. The van der Waals surface area contributed by atoms with Crippen molar-refractivity contribution in [2.75, 3.05) is 0 Å². The van der Waals surface area contributed by atoms with E-state index in [1.165, 1.54) is 16.3 Å². The average molecular weight is 242 g/mol. The summed E-state index contributed by atoms with van der Waals surface area (Å²) in [5, 5.41) is 12.6. The summed E-state index contributed by atoms with van der Waals surface area (Å²) in [6, 6.07) is 14.9. The summed E-state index contributed by atoms with van der Waals surface area (Å²) < 4.78 is 0. The van der Waals surface area contributed by atoms with Gasteiger partial charge in [-0.25, -0.2) is 0 Å². The SMILES string of the molecule is CC(C)CC(O)CCc1cccc2ccccc12. The second-order valence-electron chi connectivity index (χ2n) is 5.46. The molecule has 0 bridgehead atoms. The molecule has 0 fully saturated rings. The molecule has 96 valence electrons. The Balaban J connectivity index is 2.08. The molecule has 1 heteroatoms. The number of aryl methyl sites for hydroxylation is 1. The van der Waals surface area contributed by atoms with E-state index in [2.05, 4.69) is 56.3 Å². The van der Waals surface area contributed by atoms with Gasteiger partial charge in [-0.3, -0.25) is 0 Å². The molecule has 1 atom stereocenters. The summed E-state index contributed by atoms with van der Waals surface area (Å²) in [7, 11) is 0. The molecule has 2 aromatic carbocycles. The summed E-state index contributed by atoms with van der Waals surface area (Å²) in [6.45, 7) is 4.31. The first-order valence-corrected chi connectivity index (χ1v) is 6.81. The lowest BCUT2D eigenvalue weighted by molar-refractivity contribution is 0.140. The van der Waals surface area contributed by atoms with Gasteiger partial charge in [0.1, 0.15) is 0 Å². The maximum atomic E-state index is 9.95. The van der Waals surface area contributed by atoms with Crippen LogP contribution in [0.25, 0.3) is 10.8 Å². The lowest BCUT2D eigenvalue weighted by Gasteiger charge is -2.13. The number of fused-ring (bicyclic) bond motifs is 1.